The molecule has 1 atom stereocenters. The summed E-state index contributed by atoms with van der Waals surface area (Å²) < 4.78 is 26.4. The van der Waals surface area contributed by atoms with E-state index in [2.05, 4.69) is 410 Å². The summed E-state index contributed by atoms with van der Waals surface area (Å²) in [4.78, 5) is 11.8. The summed E-state index contributed by atoms with van der Waals surface area (Å²) >= 11 is 0. The lowest BCUT2D eigenvalue weighted by Gasteiger charge is -2.27. The van der Waals surface area contributed by atoms with Crippen LogP contribution < -0.4 is 10.2 Å². The Balaban J connectivity index is 0.000000134. The zero-order valence-corrected chi connectivity index (χ0v) is 69.5. The second-order valence-corrected chi connectivity index (χ2v) is 34.1. The number of nitrogens with zero attached hydrogens (tertiary/aromatic N) is 3. The van der Waals surface area contributed by atoms with E-state index in [0.717, 1.165) is 182 Å². The van der Waals surface area contributed by atoms with Gasteiger partial charge in [-0.3, -0.25) is 9.97 Å². The molecule has 28 rings (SSSR count). The summed E-state index contributed by atoms with van der Waals surface area (Å²) in [5, 5.41) is 31.4. The number of benzene rings is 21. The van der Waals surface area contributed by atoms with Crippen molar-refractivity contribution in [2.75, 3.05) is 10.2 Å². The molecule has 0 radical (unpaired) electrons. The Morgan fingerprint density at radius 1 is 0.217 bits per heavy atom. The largest absolute Gasteiger partial charge is 0.455 e. The molecular formula is C121H72N4O4. The Bertz CT molecular complexity index is 9370. The molecule has 0 saturated carbocycles. The van der Waals surface area contributed by atoms with Crippen molar-refractivity contribution in [3.63, 3.8) is 0 Å². The predicted molar refractivity (Wildman–Crippen MR) is 537 cm³/mol. The van der Waals surface area contributed by atoms with Crippen molar-refractivity contribution in [1.29, 1.82) is 0 Å². The molecule has 0 aliphatic carbocycles. The highest BCUT2D eigenvalue weighted by atomic mass is 16.3. The number of fused-ring (bicyclic) bond motifs is 25. The molecule has 6 aromatic heterocycles. The Morgan fingerprint density at radius 3 is 0.953 bits per heavy atom. The number of anilines is 3. The fraction of sp³-hybridized carbons (Fsp3) is 0.00826. The molecule has 0 spiro atoms. The van der Waals surface area contributed by atoms with E-state index in [9.17, 15) is 0 Å². The third-order valence-electron chi connectivity index (χ3n) is 27.0. The van der Waals surface area contributed by atoms with Gasteiger partial charge in [-0.2, -0.15) is 0 Å². The number of para-hydroxylation sites is 2. The van der Waals surface area contributed by atoms with Crippen molar-refractivity contribution in [3.05, 3.63) is 430 Å². The van der Waals surface area contributed by atoms with Crippen LogP contribution in [0.15, 0.2) is 443 Å². The molecule has 1 unspecified atom stereocenters. The van der Waals surface area contributed by atoms with E-state index in [1.54, 1.807) is 6.20 Å². The van der Waals surface area contributed by atoms with Crippen LogP contribution in [-0.2, 0) is 0 Å². The van der Waals surface area contributed by atoms with Gasteiger partial charge in [0.25, 0.3) is 0 Å². The van der Waals surface area contributed by atoms with Gasteiger partial charge < -0.3 is 27.9 Å². The number of nitrogens with one attached hydrogen (secondary N) is 1. The van der Waals surface area contributed by atoms with Crippen molar-refractivity contribution in [3.8, 4) is 78.1 Å². The Labute approximate surface area is 738 Å². The molecule has 1 N–H and O–H groups in total. The predicted octanol–water partition coefficient (Wildman–Crippen LogP) is 33.9. The van der Waals surface area contributed by atoms with Crippen LogP contribution in [0.2, 0.25) is 0 Å². The second-order valence-electron chi connectivity index (χ2n) is 34.1. The van der Waals surface area contributed by atoms with E-state index in [1.807, 2.05) is 24.4 Å². The molecule has 0 amide bonds. The van der Waals surface area contributed by atoms with Gasteiger partial charge in [-0.1, -0.05) is 285 Å². The van der Waals surface area contributed by atoms with Crippen molar-refractivity contribution in [1.82, 2.24) is 9.97 Å². The van der Waals surface area contributed by atoms with Crippen LogP contribution >= 0.6 is 0 Å². The average molecular weight is 1650 g/mol. The maximum Gasteiger partial charge on any atom is 0.143 e. The van der Waals surface area contributed by atoms with Crippen LogP contribution in [0.4, 0.5) is 17.1 Å². The van der Waals surface area contributed by atoms with Crippen molar-refractivity contribution < 1.29 is 17.7 Å². The molecule has 8 heteroatoms. The summed E-state index contributed by atoms with van der Waals surface area (Å²) in [7, 11) is 0. The van der Waals surface area contributed by atoms with E-state index in [0.29, 0.717) is 0 Å². The molecule has 0 fully saturated rings. The Hall–Kier alpha value is -17.2. The van der Waals surface area contributed by atoms with Gasteiger partial charge in [-0.05, 0) is 259 Å². The molecule has 21 aromatic carbocycles. The Morgan fingerprint density at radius 2 is 0.543 bits per heavy atom. The molecule has 0 bridgehead atoms. The lowest BCUT2D eigenvalue weighted by Crippen LogP contribution is -2.23. The highest BCUT2D eigenvalue weighted by molar-refractivity contribution is 6.28. The van der Waals surface area contributed by atoms with E-state index < -0.39 is 0 Å². The molecule has 600 valence electrons. The zero-order chi connectivity index (χ0) is 84.5. The first-order valence-corrected chi connectivity index (χ1v) is 44.0. The van der Waals surface area contributed by atoms with Gasteiger partial charge in [0.05, 0.1) is 22.8 Å². The second kappa shape index (κ2) is 28.7. The van der Waals surface area contributed by atoms with Gasteiger partial charge in [0.1, 0.15) is 50.8 Å². The smallest absolute Gasteiger partial charge is 0.143 e. The van der Waals surface area contributed by atoms with Crippen LogP contribution in [0.5, 0.6) is 0 Å². The van der Waals surface area contributed by atoms with Gasteiger partial charge in [0.2, 0.25) is 0 Å². The van der Waals surface area contributed by atoms with E-state index in [-0.39, 0.29) is 6.17 Å². The maximum absolute atomic E-state index is 6.65. The standard InChI is InChI=1S/C65H40N2O2.C56H32N2O2/c1-2-14-42(15-3-1)65-66-57-20-10-11-21-58(57)67(65)46-29-22-39(23-30-46)43-26-31-51-56(36-43)62(45-28-35-60-55(38-45)53-33-25-41-13-5-7-17-48(41)64(53)69-60)50-19-9-8-18-49(50)61(51)44-27-34-59-54(37-44)52-32-24-40-12-4-6-16-47(40)63(52)68-59;1-3-11-39-33(9-1)16-23-44-46-30-36(20-26-51(46)59-55(39)44)53-41-13-5-6-14-42(41)54(37-21-27-52-47(31-37)45-24-17-34-10-2-4-12-40(34)56(45)60-52)48-29-35(18-22-43(48)53)38-19-25-50(58-32-38)49-15-7-8-28-57-49/h1-38,65-66H;1-32H. The fourth-order valence-electron chi connectivity index (χ4n) is 21.0. The zero-order valence-electron chi connectivity index (χ0n) is 69.5. The van der Waals surface area contributed by atoms with Gasteiger partial charge in [-0.25, -0.2) is 0 Å². The van der Waals surface area contributed by atoms with Crippen molar-refractivity contribution >= 4 is 191 Å². The summed E-state index contributed by atoms with van der Waals surface area (Å²) in [6.45, 7) is 0. The van der Waals surface area contributed by atoms with Crippen molar-refractivity contribution in [2.24, 2.45) is 0 Å². The van der Waals surface area contributed by atoms with Crippen LogP contribution in [0.25, 0.3) is 252 Å². The number of furan rings is 4. The van der Waals surface area contributed by atoms with Gasteiger partial charge >= 0.3 is 0 Å². The van der Waals surface area contributed by atoms with E-state index >= 15 is 0 Å². The minimum absolute atomic E-state index is 0.0219. The average Bonchev–Trinajstić information content (AvgIpc) is 1.71. The molecule has 0 saturated heterocycles. The Kier molecular flexibility index (Phi) is 16.1. The third kappa shape index (κ3) is 11.5. The normalized spacial score (nSPS) is 12.9. The SMILES string of the molecule is c1ccc(-c2ccc(-c3ccc4c(-c5ccc6oc7c8ccccc8ccc7c6c5)c5ccccc5c(-c5ccc6oc7c8ccccc8ccc7c6c5)c4c3)cn2)nc1.c1ccc(C2Nc3ccccc3N2c2ccc(-c3ccc4c(-c5ccc6oc7c8ccccc8ccc7c6c5)c5ccccc5c(-c5ccc6oc7c8ccccc8ccc7c6c5)c4c3)cc2)cc1. The molecule has 1 aliphatic heterocycles. The molecule has 1 aliphatic rings. The number of aromatic nitrogens is 2. The highest BCUT2D eigenvalue weighted by Crippen LogP contribution is 2.53. The first-order valence-electron chi connectivity index (χ1n) is 44.0. The first kappa shape index (κ1) is 72.3. The topological polar surface area (TPSA) is 93.6 Å². The number of hydrogen-bond acceptors (Lipinski definition) is 8. The maximum atomic E-state index is 6.65. The minimum Gasteiger partial charge on any atom is -0.455 e. The lowest BCUT2D eigenvalue weighted by atomic mass is 9.84. The number of rotatable bonds is 9. The van der Waals surface area contributed by atoms with E-state index in [4.69, 9.17) is 22.7 Å². The van der Waals surface area contributed by atoms with Crippen molar-refractivity contribution in [2.45, 2.75) is 6.17 Å². The third-order valence-corrected chi connectivity index (χ3v) is 27.0. The minimum atomic E-state index is -0.0219. The van der Waals surface area contributed by atoms with Crippen LogP contribution in [0, 0.1) is 0 Å². The van der Waals surface area contributed by atoms with Crippen LogP contribution in [0.1, 0.15) is 11.7 Å². The summed E-state index contributed by atoms with van der Waals surface area (Å²) in [5.41, 5.74) is 27.4. The molecule has 7 heterocycles. The van der Waals surface area contributed by atoms with Crippen LogP contribution in [0.3, 0.4) is 0 Å². The lowest BCUT2D eigenvalue weighted by molar-refractivity contribution is 0.672. The summed E-state index contributed by atoms with van der Waals surface area (Å²) in [5.74, 6) is 0. The summed E-state index contributed by atoms with van der Waals surface area (Å²) in [6.07, 6.45) is 3.74. The number of hydrogen-bond donors (Lipinski definition) is 1. The van der Waals surface area contributed by atoms with Gasteiger partial charge in [-0.15, -0.1) is 0 Å². The fourth-order valence-corrected chi connectivity index (χ4v) is 21.0. The first-order chi connectivity index (χ1) is 63.9. The van der Waals surface area contributed by atoms with E-state index in [1.165, 1.54) is 92.8 Å². The molecule has 8 nitrogen and oxygen atoms in total. The molecule has 129 heavy (non-hydrogen) atoms. The quantitative estimate of drug-likeness (QED) is 0.143. The summed E-state index contributed by atoms with van der Waals surface area (Å²) in [6, 6.07) is 148. The molecular weight excluding hydrogens is 1570 g/mol. The molecule has 27 aromatic rings. The van der Waals surface area contributed by atoms with Gasteiger partial charge in [0.15, 0.2) is 0 Å². The monoisotopic (exact) mass is 1640 g/mol. The van der Waals surface area contributed by atoms with Crippen LogP contribution in [-0.4, -0.2) is 9.97 Å². The highest BCUT2D eigenvalue weighted by Gasteiger charge is 2.32. The van der Waals surface area contributed by atoms with Gasteiger partial charge in [0, 0.05) is 88.3 Å². The number of pyridine rings is 2.